The Morgan fingerprint density at radius 3 is 2.20 bits per heavy atom. The number of nitrogens with zero attached hydrogens (tertiary/aromatic N) is 2. The maximum atomic E-state index is 14.7. The Hall–Kier alpha value is -3.72. The van der Waals surface area contributed by atoms with E-state index in [1.165, 1.54) is 23.1 Å². The first kappa shape index (κ1) is 29.3. The van der Waals surface area contributed by atoms with E-state index in [0.29, 0.717) is 5.69 Å². The normalized spacial score (nSPS) is 14.8. The van der Waals surface area contributed by atoms with Crippen molar-refractivity contribution in [3.8, 4) is 0 Å². The lowest BCUT2D eigenvalue weighted by molar-refractivity contribution is -0.139. The highest BCUT2D eigenvalue weighted by Crippen LogP contribution is 2.25. The Morgan fingerprint density at radius 1 is 0.925 bits per heavy atom. The van der Waals surface area contributed by atoms with Gasteiger partial charge in [0.15, 0.2) is 0 Å². The van der Waals surface area contributed by atoms with Crippen molar-refractivity contribution in [2.45, 2.75) is 69.5 Å². The Morgan fingerprint density at radius 2 is 1.55 bits per heavy atom. The van der Waals surface area contributed by atoms with E-state index in [2.05, 4.69) is 5.32 Å². The van der Waals surface area contributed by atoms with Gasteiger partial charge in [0.2, 0.25) is 11.8 Å². The predicted molar refractivity (Wildman–Crippen MR) is 154 cm³/mol. The van der Waals surface area contributed by atoms with Gasteiger partial charge in [-0.15, -0.1) is 0 Å². The number of hydrogen-bond acceptors (Lipinski definition) is 4. The molecule has 0 saturated heterocycles. The van der Waals surface area contributed by atoms with Crippen molar-refractivity contribution in [3.63, 3.8) is 0 Å². The van der Waals surface area contributed by atoms with Gasteiger partial charge in [0.05, 0.1) is 10.6 Å². The van der Waals surface area contributed by atoms with Gasteiger partial charge in [-0.05, 0) is 57.0 Å². The van der Waals surface area contributed by atoms with Crippen LogP contribution in [0.1, 0.15) is 50.2 Å². The van der Waals surface area contributed by atoms with E-state index in [1.807, 2.05) is 6.92 Å². The number of aryl methyl sites for hydroxylation is 1. The number of sulfonamides is 1. The zero-order valence-corrected chi connectivity index (χ0v) is 23.7. The fraction of sp³-hybridized carbons (Fsp3) is 0.355. The smallest absolute Gasteiger partial charge is 0.264 e. The van der Waals surface area contributed by atoms with Gasteiger partial charge >= 0.3 is 0 Å². The largest absolute Gasteiger partial charge is 0.352 e. The molecule has 1 aliphatic carbocycles. The van der Waals surface area contributed by atoms with Crippen molar-refractivity contribution in [1.82, 2.24) is 10.2 Å². The molecule has 1 N–H and O–H groups in total. The third kappa shape index (κ3) is 7.07. The van der Waals surface area contributed by atoms with Gasteiger partial charge in [0.1, 0.15) is 18.4 Å². The standard InChI is InChI=1S/C31H36FN3O4S/c1-23-17-19-28(20-18-23)40(38,39)35(27-14-7-4-8-15-27)22-30(36)34(21-25-11-9-10-16-29(25)32)24(2)31(37)33-26-12-5-3-6-13-26/h4,7-11,14-20,24,26H,3,5-6,12-13,21-22H2,1-2H3,(H,33,37)/t24-/m1/s1. The van der Waals surface area contributed by atoms with E-state index in [0.717, 1.165) is 42.0 Å². The number of nitrogens with one attached hydrogen (secondary N) is 1. The summed E-state index contributed by atoms with van der Waals surface area (Å²) in [5.41, 5.74) is 1.44. The minimum Gasteiger partial charge on any atom is -0.352 e. The van der Waals surface area contributed by atoms with Crippen LogP contribution < -0.4 is 9.62 Å². The molecule has 1 fully saturated rings. The summed E-state index contributed by atoms with van der Waals surface area (Å²) in [6.07, 6.45) is 4.93. The number of hydrogen-bond donors (Lipinski definition) is 1. The van der Waals surface area contributed by atoms with E-state index in [9.17, 15) is 22.4 Å². The Labute approximate surface area is 236 Å². The number of halogens is 1. The number of para-hydroxylation sites is 1. The van der Waals surface area contributed by atoms with Crippen LogP contribution in [0.3, 0.4) is 0 Å². The van der Waals surface area contributed by atoms with Crippen LogP contribution in [0, 0.1) is 12.7 Å². The first-order valence-corrected chi connectivity index (χ1v) is 15.1. The summed E-state index contributed by atoms with van der Waals surface area (Å²) in [6, 6.07) is 19.9. The van der Waals surface area contributed by atoms with Crippen molar-refractivity contribution in [3.05, 3.63) is 95.8 Å². The Bertz CT molecular complexity index is 1410. The molecule has 212 valence electrons. The van der Waals surface area contributed by atoms with Crippen molar-refractivity contribution in [1.29, 1.82) is 0 Å². The molecule has 0 unspecified atom stereocenters. The van der Waals surface area contributed by atoms with Gasteiger partial charge in [-0.1, -0.05) is 73.4 Å². The quantitative estimate of drug-likeness (QED) is 0.366. The summed E-state index contributed by atoms with van der Waals surface area (Å²) in [6.45, 7) is 2.71. The lowest BCUT2D eigenvalue weighted by Crippen LogP contribution is -2.53. The molecule has 1 saturated carbocycles. The fourth-order valence-electron chi connectivity index (χ4n) is 4.92. The van der Waals surface area contributed by atoms with Crippen LogP contribution in [-0.2, 0) is 26.2 Å². The van der Waals surface area contributed by atoms with E-state index in [1.54, 1.807) is 67.6 Å². The zero-order chi connectivity index (χ0) is 28.7. The third-order valence-electron chi connectivity index (χ3n) is 7.35. The maximum absolute atomic E-state index is 14.7. The van der Waals surface area contributed by atoms with Gasteiger partial charge in [-0.25, -0.2) is 12.8 Å². The highest BCUT2D eigenvalue weighted by Gasteiger charge is 2.33. The summed E-state index contributed by atoms with van der Waals surface area (Å²) >= 11 is 0. The van der Waals surface area contributed by atoms with Gasteiger partial charge < -0.3 is 10.2 Å². The van der Waals surface area contributed by atoms with E-state index < -0.39 is 34.3 Å². The minimum atomic E-state index is -4.14. The average molecular weight is 566 g/mol. The number of anilines is 1. The molecule has 3 aromatic carbocycles. The second-order valence-corrected chi connectivity index (χ2v) is 12.2. The molecule has 0 bridgehead atoms. The minimum absolute atomic E-state index is 0.0249. The summed E-state index contributed by atoms with van der Waals surface area (Å²) in [5, 5.41) is 3.04. The van der Waals surface area contributed by atoms with Crippen LogP contribution >= 0.6 is 0 Å². The lowest BCUT2D eigenvalue weighted by atomic mass is 9.95. The molecule has 0 radical (unpaired) electrons. The summed E-state index contributed by atoms with van der Waals surface area (Å²) < 4.78 is 43.3. The van der Waals surface area contributed by atoms with Crippen LogP contribution in [0.2, 0.25) is 0 Å². The summed E-state index contributed by atoms with van der Waals surface area (Å²) in [4.78, 5) is 28.5. The van der Waals surface area contributed by atoms with Gasteiger partial charge in [0.25, 0.3) is 10.0 Å². The Kier molecular flexibility index (Phi) is 9.58. The van der Waals surface area contributed by atoms with Gasteiger partial charge in [-0.2, -0.15) is 0 Å². The zero-order valence-electron chi connectivity index (χ0n) is 22.9. The predicted octanol–water partition coefficient (Wildman–Crippen LogP) is 5.20. The molecule has 4 rings (SSSR count). The van der Waals surface area contributed by atoms with Crippen LogP contribution in [0.15, 0.2) is 83.8 Å². The summed E-state index contributed by atoms with van der Waals surface area (Å²) in [7, 11) is -4.14. The number of carbonyl (C=O) groups is 2. The lowest BCUT2D eigenvalue weighted by Gasteiger charge is -2.33. The van der Waals surface area contributed by atoms with Gasteiger partial charge in [-0.3, -0.25) is 13.9 Å². The number of rotatable bonds is 10. The van der Waals surface area contributed by atoms with E-state index in [-0.39, 0.29) is 29.0 Å². The number of amides is 2. The fourth-order valence-corrected chi connectivity index (χ4v) is 6.34. The van der Waals surface area contributed by atoms with Crippen molar-refractivity contribution >= 4 is 27.5 Å². The number of carbonyl (C=O) groups excluding carboxylic acids is 2. The van der Waals surface area contributed by atoms with E-state index >= 15 is 0 Å². The van der Waals surface area contributed by atoms with Crippen molar-refractivity contribution in [2.75, 3.05) is 10.8 Å². The monoisotopic (exact) mass is 565 g/mol. The molecule has 0 heterocycles. The van der Waals surface area contributed by atoms with E-state index in [4.69, 9.17) is 0 Å². The molecule has 0 aromatic heterocycles. The highest BCUT2D eigenvalue weighted by molar-refractivity contribution is 7.92. The van der Waals surface area contributed by atoms with Crippen LogP contribution in [0.25, 0.3) is 0 Å². The molecule has 40 heavy (non-hydrogen) atoms. The molecule has 9 heteroatoms. The SMILES string of the molecule is Cc1ccc(S(=O)(=O)N(CC(=O)N(Cc2ccccc2F)[C@H](C)C(=O)NC2CCCCC2)c2ccccc2)cc1. The topological polar surface area (TPSA) is 86.8 Å². The second kappa shape index (κ2) is 13.1. The molecule has 0 aliphatic heterocycles. The average Bonchev–Trinajstić information content (AvgIpc) is 2.96. The van der Waals surface area contributed by atoms with Crippen molar-refractivity contribution in [2.24, 2.45) is 0 Å². The molecule has 0 spiro atoms. The molecule has 1 aliphatic rings. The first-order valence-electron chi connectivity index (χ1n) is 13.6. The summed E-state index contributed by atoms with van der Waals surface area (Å²) in [5.74, 6) is -1.47. The van der Waals surface area contributed by atoms with Crippen molar-refractivity contribution < 1.29 is 22.4 Å². The van der Waals surface area contributed by atoms with Crippen LogP contribution in [0.5, 0.6) is 0 Å². The maximum Gasteiger partial charge on any atom is 0.264 e. The molecular weight excluding hydrogens is 529 g/mol. The third-order valence-corrected chi connectivity index (χ3v) is 9.14. The van der Waals surface area contributed by atoms with Crippen LogP contribution in [0.4, 0.5) is 10.1 Å². The first-order chi connectivity index (χ1) is 19.2. The molecule has 3 aromatic rings. The van der Waals surface area contributed by atoms with Gasteiger partial charge in [0, 0.05) is 18.2 Å². The highest BCUT2D eigenvalue weighted by atomic mass is 32.2. The molecule has 2 amide bonds. The number of benzene rings is 3. The molecule has 7 nitrogen and oxygen atoms in total. The molecular formula is C31H36FN3O4S. The van der Waals surface area contributed by atoms with Crippen LogP contribution in [-0.4, -0.2) is 43.8 Å². The molecule has 1 atom stereocenters. The Balaban J connectivity index is 1.66. The second-order valence-electron chi connectivity index (χ2n) is 10.3.